The van der Waals surface area contributed by atoms with E-state index in [1.165, 1.54) is 36.5 Å². The minimum Gasteiger partial charge on any atom is -0.345 e. The van der Waals surface area contributed by atoms with Gasteiger partial charge in [-0.2, -0.15) is 13.2 Å². The molecule has 0 spiro atoms. The van der Waals surface area contributed by atoms with Crippen LogP contribution in [0.3, 0.4) is 0 Å². The summed E-state index contributed by atoms with van der Waals surface area (Å²) in [6, 6.07) is 8.17. The highest BCUT2D eigenvalue weighted by Gasteiger charge is 2.28. The second kappa shape index (κ2) is 7.65. The lowest BCUT2D eigenvalue weighted by Gasteiger charge is -2.16. The van der Waals surface area contributed by atoms with Crippen molar-refractivity contribution in [2.45, 2.75) is 24.2 Å². The molecule has 0 saturated carbocycles. The molecule has 3 nitrogen and oxygen atoms in total. The predicted octanol–water partition coefficient (Wildman–Crippen LogP) is 4.37. The van der Waals surface area contributed by atoms with Crippen molar-refractivity contribution in [3.63, 3.8) is 0 Å². The maximum atomic E-state index is 13.7. The summed E-state index contributed by atoms with van der Waals surface area (Å²) in [6.45, 7) is 1.59. The SMILES string of the molecule is CC(NC(=O)c1cccnc1SCC(F)(F)F)c1ccccc1F. The maximum Gasteiger partial charge on any atom is 0.398 e. The number of halogens is 4. The van der Waals surface area contributed by atoms with Gasteiger partial charge in [0.15, 0.2) is 0 Å². The highest BCUT2D eigenvalue weighted by Crippen LogP contribution is 2.28. The molecular weight excluding hydrogens is 344 g/mol. The Hall–Kier alpha value is -2.09. The van der Waals surface area contributed by atoms with E-state index in [2.05, 4.69) is 10.3 Å². The number of amides is 1. The molecule has 0 aliphatic carbocycles. The van der Waals surface area contributed by atoms with Crippen LogP contribution in [0.25, 0.3) is 0 Å². The van der Waals surface area contributed by atoms with Gasteiger partial charge in [-0.05, 0) is 25.1 Å². The van der Waals surface area contributed by atoms with Gasteiger partial charge >= 0.3 is 6.18 Å². The number of nitrogens with one attached hydrogen (secondary N) is 1. The minimum atomic E-state index is -4.36. The van der Waals surface area contributed by atoms with Crippen molar-refractivity contribution >= 4 is 17.7 Å². The molecule has 24 heavy (non-hydrogen) atoms. The zero-order chi connectivity index (χ0) is 17.7. The first-order valence-corrected chi connectivity index (χ1v) is 7.96. The lowest BCUT2D eigenvalue weighted by Crippen LogP contribution is -2.28. The van der Waals surface area contributed by atoms with Crippen LogP contribution < -0.4 is 5.32 Å². The number of pyridine rings is 1. The van der Waals surface area contributed by atoms with Crippen molar-refractivity contribution in [1.82, 2.24) is 10.3 Å². The standard InChI is InChI=1S/C16H14F4N2OS/c1-10(11-5-2-3-7-13(11)17)22-14(23)12-6-4-8-21-15(12)24-9-16(18,19)20/h2-8,10H,9H2,1H3,(H,22,23). The molecule has 1 aromatic heterocycles. The molecular formula is C16H14F4N2OS. The van der Waals surface area contributed by atoms with Gasteiger partial charge in [0.05, 0.1) is 17.4 Å². The molecule has 2 rings (SSSR count). The molecule has 2 aromatic rings. The summed E-state index contributed by atoms with van der Waals surface area (Å²) in [5.74, 6) is -2.22. The van der Waals surface area contributed by atoms with Crippen LogP contribution >= 0.6 is 11.8 Å². The molecule has 0 radical (unpaired) electrons. The molecule has 0 aliphatic rings. The van der Waals surface area contributed by atoms with Gasteiger partial charge in [-0.25, -0.2) is 9.37 Å². The summed E-state index contributed by atoms with van der Waals surface area (Å²) in [6.07, 6.45) is -3.05. The third-order valence-electron chi connectivity index (χ3n) is 3.11. The number of alkyl halides is 3. The van der Waals surface area contributed by atoms with E-state index >= 15 is 0 Å². The highest BCUT2D eigenvalue weighted by atomic mass is 32.2. The minimum absolute atomic E-state index is 0.0203. The van der Waals surface area contributed by atoms with Gasteiger partial charge in [0, 0.05) is 11.8 Å². The number of thioether (sulfide) groups is 1. The van der Waals surface area contributed by atoms with E-state index in [-0.39, 0.29) is 10.6 Å². The summed E-state index contributed by atoms with van der Waals surface area (Å²) >= 11 is 0.437. The Morgan fingerprint density at radius 3 is 2.62 bits per heavy atom. The quantitative estimate of drug-likeness (QED) is 0.638. The molecule has 1 unspecified atom stereocenters. The van der Waals surface area contributed by atoms with Crippen LogP contribution in [-0.2, 0) is 0 Å². The molecule has 8 heteroatoms. The van der Waals surface area contributed by atoms with Crippen LogP contribution in [0.15, 0.2) is 47.6 Å². The highest BCUT2D eigenvalue weighted by molar-refractivity contribution is 7.99. The zero-order valence-corrected chi connectivity index (χ0v) is 13.4. The van der Waals surface area contributed by atoms with Crippen molar-refractivity contribution in [1.29, 1.82) is 0 Å². The monoisotopic (exact) mass is 358 g/mol. The summed E-state index contributed by atoms with van der Waals surface area (Å²) in [4.78, 5) is 16.1. The second-order valence-corrected chi connectivity index (χ2v) is 5.94. The molecule has 1 N–H and O–H groups in total. The van der Waals surface area contributed by atoms with Gasteiger partial charge in [-0.15, -0.1) is 0 Å². The number of nitrogens with zero attached hydrogens (tertiary/aromatic N) is 1. The largest absolute Gasteiger partial charge is 0.398 e. The Balaban J connectivity index is 2.14. The number of carbonyl (C=O) groups excluding carboxylic acids is 1. The topological polar surface area (TPSA) is 42.0 Å². The lowest BCUT2D eigenvalue weighted by molar-refractivity contribution is -0.105. The van der Waals surface area contributed by atoms with Crippen LogP contribution in [0, 0.1) is 5.82 Å². The van der Waals surface area contributed by atoms with E-state index in [9.17, 15) is 22.4 Å². The first-order valence-electron chi connectivity index (χ1n) is 6.98. The fourth-order valence-corrected chi connectivity index (χ4v) is 2.76. The average Bonchev–Trinajstić information content (AvgIpc) is 2.52. The number of benzene rings is 1. The Kier molecular flexibility index (Phi) is 5.82. The molecule has 0 saturated heterocycles. The molecule has 1 atom stereocenters. The average molecular weight is 358 g/mol. The van der Waals surface area contributed by atoms with Gasteiger partial charge in [0.2, 0.25) is 0 Å². The number of carbonyl (C=O) groups is 1. The number of hydrogen-bond acceptors (Lipinski definition) is 3. The lowest BCUT2D eigenvalue weighted by atomic mass is 10.1. The van der Waals surface area contributed by atoms with E-state index in [1.807, 2.05) is 0 Å². The van der Waals surface area contributed by atoms with Crippen molar-refractivity contribution < 1.29 is 22.4 Å². The molecule has 0 aliphatic heterocycles. The molecule has 1 amide bonds. The fraction of sp³-hybridized carbons (Fsp3) is 0.250. The summed E-state index contributed by atoms with van der Waals surface area (Å²) < 4.78 is 50.8. The third kappa shape index (κ3) is 4.95. The first-order chi connectivity index (χ1) is 11.3. The smallest absolute Gasteiger partial charge is 0.345 e. The van der Waals surface area contributed by atoms with Gasteiger partial charge in [0.1, 0.15) is 10.8 Å². The number of hydrogen-bond donors (Lipinski definition) is 1. The molecule has 0 fully saturated rings. The van der Waals surface area contributed by atoms with E-state index in [1.54, 1.807) is 13.0 Å². The van der Waals surface area contributed by atoms with E-state index in [0.717, 1.165) is 0 Å². The van der Waals surface area contributed by atoms with Gasteiger partial charge in [0.25, 0.3) is 5.91 Å². The molecule has 0 bridgehead atoms. The second-order valence-electron chi connectivity index (χ2n) is 4.98. The number of rotatable bonds is 5. The molecule has 1 heterocycles. The van der Waals surface area contributed by atoms with Gasteiger partial charge < -0.3 is 5.32 Å². The maximum absolute atomic E-state index is 13.7. The van der Waals surface area contributed by atoms with Crippen molar-refractivity contribution in [3.05, 3.63) is 59.5 Å². The molecule has 1 aromatic carbocycles. The first kappa shape index (κ1) is 18.3. The Morgan fingerprint density at radius 2 is 1.96 bits per heavy atom. The van der Waals surface area contributed by atoms with E-state index in [0.29, 0.717) is 17.3 Å². The van der Waals surface area contributed by atoms with Crippen LogP contribution in [-0.4, -0.2) is 22.8 Å². The fourth-order valence-electron chi connectivity index (χ4n) is 2.01. The Labute approximate surface area is 140 Å². The predicted molar refractivity (Wildman–Crippen MR) is 83.3 cm³/mol. The third-order valence-corrected chi connectivity index (χ3v) is 4.18. The number of aromatic nitrogens is 1. The van der Waals surface area contributed by atoms with Crippen LogP contribution in [0.5, 0.6) is 0 Å². The van der Waals surface area contributed by atoms with Crippen LogP contribution in [0.4, 0.5) is 17.6 Å². The van der Waals surface area contributed by atoms with E-state index in [4.69, 9.17) is 0 Å². The Morgan fingerprint density at radius 1 is 1.25 bits per heavy atom. The van der Waals surface area contributed by atoms with Crippen LogP contribution in [0.2, 0.25) is 0 Å². The summed E-state index contributed by atoms with van der Waals surface area (Å²) in [5, 5.41) is 2.56. The van der Waals surface area contributed by atoms with Gasteiger partial charge in [-0.1, -0.05) is 30.0 Å². The van der Waals surface area contributed by atoms with Crippen molar-refractivity contribution in [2.24, 2.45) is 0 Å². The van der Waals surface area contributed by atoms with E-state index < -0.39 is 29.7 Å². The Bertz CT molecular complexity index is 721. The van der Waals surface area contributed by atoms with Gasteiger partial charge in [-0.3, -0.25) is 4.79 Å². The zero-order valence-electron chi connectivity index (χ0n) is 12.6. The van der Waals surface area contributed by atoms with Crippen LogP contribution in [0.1, 0.15) is 28.9 Å². The van der Waals surface area contributed by atoms with Crippen molar-refractivity contribution in [3.8, 4) is 0 Å². The summed E-state index contributed by atoms with van der Waals surface area (Å²) in [5.41, 5.74) is 0.314. The normalized spacial score (nSPS) is 12.7. The van der Waals surface area contributed by atoms with Crippen molar-refractivity contribution in [2.75, 3.05) is 5.75 Å². The summed E-state index contributed by atoms with van der Waals surface area (Å²) in [7, 11) is 0. The molecule has 128 valence electrons.